The van der Waals surface area contributed by atoms with E-state index in [2.05, 4.69) is 15.1 Å². The maximum absolute atomic E-state index is 12.6. The van der Waals surface area contributed by atoms with Crippen molar-refractivity contribution < 1.29 is 9.32 Å². The highest BCUT2D eigenvalue weighted by Gasteiger charge is 2.25. The Bertz CT molecular complexity index is 879. The summed E-state index contributed by atoms with van der Waals surface area (Å²) in [6.45, 7) is 1.56. The van der Waals surface area contributed by atoms with Gasteiger partial charge in [-0.2, -0.15) is 4.98 Å². The Morgan fingerprint density at radius 2 is 2.07 bits per heavy atom. The molecule has 1 unspecified atom stereocenters. The summed E-state index contributed by atoms with van der Waals surface area (Å²) in [4.78, 5) is 23.2. The number of piperidine rings is 1. The number of hydrogen-bond donors (Lipinski definition) is 0. The molecule has 2 aromatic heterocycles. The summed E-state index contributed by atoms with van der Waals surface area (Å²) in [5.74, 6) is 1.77. The Morgan fingerprint density at radius 3 is 2.89 bits per heavy atom. The number of hydrogen-bond acceptors (Lipinski definition) is 5. The fraction of sp³-hybridized carbons (Fsp3) is 0.333. The van der Waals surface area contributed by atoms with E-state index in [-0.39, 0.29) is 5.91 Å². The molecule has 4 rings (SSSR count). The molecule has 1 fully saturated rings. The molecule has 0 saturated carbocycles. The van der Waals surface area contributed by atoms with Crippen molar-refractivity contribution in [1.29, 1.82) is 0 Å². The molecular weight excluding hydrogens is 340 g/mol. The van der Waals surface area contributed by atoms with Gasteiger partial charge in [0.1, 0.15) is 0 Å². The first-order chi connectivity index (χ1) is 13.3. The second-order valence-electron chi connectivity index (χ2n) is 6.97. The maximum atomic E-state index is 12.6. The lowest BCUT2D eigenvalue weighted by Gasteiger charge is -2.32. The summed E-state index contributed by atoms with van der Waals surface area (Å²) in [7, 11) is 0. The molecule has 1 amide bonds. The van der Waals surface area contributed by atoms with Crippen LogP contribution >= 0.6 is 0 Å². The van der Waals surface area contributed by atoms with Crippen molar-refractivity contribution in [2.75, 3.05) is 13.1 Å². The van der Waals surface area contributed by atoms with E-state index in [0.29, 0.717) is 24.1 Å². The molecule has 138 valence electrons. The number of benzene rings is 1. The zero-order valence-electron chi connectivity index (χ0n) is 15.1. The number of amides is 1. The average Bonchev–Trinajstić information content (AvgIpc) is 3.18. The van der Waals surface area contributed by atoms with Gasteiger partial charge < -0.3 is 9.42 Å². The van der Waals surface area contributed by atoms with E-state index in [4.69, 9.17) is 4.52 Å². The van der Waals surface area contributed by atoms with E-state index >= 15 is 0 Å². The van der Waals surface area contributed by atoms with E-state index < -0.39 is 0 Å². The summed E-state index contributed by atoms with van der Waals surface area (Å²) in [6, 6.07) is 13.6. The molecule has 3 heterocycles. The number of likely N-dealkylation sites (tertiary alicyclic amines) is 1. The SMILES string of the molecule is O=C(Cc1cccnc1)N1CCCC(Cc2noc(-c3ccccc3)n2)C1. The monoisotopic (exact) mass is 362 g/mol. The van der Waals surface area contributed by atoms with Gasteiger partial charge in [-0.1, -0.05) is 29.4 Å². The lowest BCUT2D eigenvalue weighted by molar-refractivity contribution is -0.132. The van der Waals surface area contributed by atoms with Crippen molar-refractivity contribution in [2.24, 2.45) is 5.92 Å². The number of carbonyl (C=O) groups excluding carboxylic acids is 1. The number of aromatic nitrogens is 3. The van der Waals surface area contributed by atoms with Crippen LogP contribution in [-0.2, 0) is 17.6 Å². The standard InChI is InChI=1S/C21H22N4O2/c26-20(13-16-6-4-10-22-14-16)25-11-5-7-17(15-25)12-19-23-21(27-24-19)18-8-2-1-3-9-18/h1-4,6,8-10,14,17H,5,7,11-13,15H2. The predicted octanol–water partition coefficient (Wildman–Crippen LogP) is 3.16. The Balaban J connectivity index is 1.36. The van der Waals surface area contributed by atoms with Crippen molar-refractivity contribution >= 4 is 5.91 Å². The van der Waals surface area contributed by atoms with E-state index in [9.17, 15) is 4.79 Å². The zero-order chi connectivity index (χ0) is 18.5. The molecule has 3 aromatic rings. The first-order valence-corrected chi connectivity index (χ1v) is 9.32. The number of rotatable bonds is 5. The van der Waals surface area contributed by atoms with Crippen molar-refractivity contribution in [2.45, 2.75) is 25.7 Å². The van der Waals surface area contributed by atoms with Gasteiger partial charge >= 0.3 is 0 Å². The van der Waals surface area contributed by atoms with E-state index in [1.54, 1.807) is 12.4 Å². The van der Waals surface area contributed by atoms with Gasteiger partial charge in [0.2, 0.25) is 5.91 Å². The fourth-order valence-corrected chi connectivity index (χ4v) is 3.54. The third-order valence-electron chi connectivity index (χ3n) is 4.91. The highest BCUT2D eigenvalue weighted by Crippen LogP contribution is 2.22. The maximum Gasteiger partial charge on any atom is 0.257 e. The van der Waals surface area contributed by atoms with Crippen LogP contribution in [0.2, 0.25) is 0 Å². The van der Waals surface area contributed by atoms with Gasteiger partial charge in [0.15, 0.2) is 5.82 Å². The van der Waals surface area contributed by atoms with Gasteiger partial charge in [0.05, 0.1) is 6.42 Å². The second-order valence-corrected chi connectivity index (χ2v) is 6.97. The Morgan fingerprint density at radius 1 is 1.19 bits per heavy atom. The number of pyridine rings is 1. The van der Waals surface area contributed by atoms with E-state index in [0.717, 1.165) is 43.5 Å². The predicted molar refractivity (Wildman–Crippen MR) is 101 cm³/mol. The molecule has 0 spiro atoms. The van der Waals surface area contributed by atoms with Gasteiger partial charge in [0, 0.05) is 37.5 Å². The smallest absolute Gasteiger partial charge is 0.257 e. The quantitative estimate of drug-likeness (QED) is 0.697. The molecular formula is C21H22N4O2. The fourth-order valence-electron chi connectivity index (χ4n) is 3.54. The van der Waals surface area contributed by atoms with Gasteiger partial charge in [-0.05, 0) is 42.5 Å². The van der Waals surface area contributed by atoms with Crippen molar-refractivity contribution in [3.8, 4) is 11.5 Å². The Labute approximate surface area is 158 Å². The largest absolute Gasteiger partial charge is 0.342 e. The minimum Gasteiger partial charge on any atom is -0.342 e. The lowest BCUT2D eigenvalue weighted by Crippen LogP contribution is -2.41. The lowest BCUT2D eigenvalue weighted by atomic mass is 9.94. The van der Waals surface area contributed by atoms with Crippen LogP contribution < -0.4 is 0 Å². The molecule has 0 N–H and O–H groups in total. The summed E-state index contributed by atoms with van der Waals surface area (Å²) >= 11 is 0. The summed E-state index contributed by atoms with van der Waals surface area (Å²) < 4.78 is 5.40. The topological polar surface area (TPSA) is 72.1 Å². The molecule has 1 atom stereocenters. The molecule has 1 aliphatic rings. The molecule has 6 nitrogen and oxygen atoms in total. The highest BCUT2D eigenvalue weighted by atomic mass is 16.5. The first kappa shape index (κ1) is 17.4. The van der Waals surface area contributed by atoms with Crippen molar-refractivity contribution in [3.63, 3.8) is 0 Å². The Kier molecular flexibility index (Phi) is 5.23. The van der Waals surface area contributed by atoms with Crippen LogP contribution in [0.3, 0.4) is 0 Å². The number of carbonyl (C=O) groups is 1. The normalized spacial score (nSPS) is 17.0. The van der Waals surface area contributed by atoms with Crippen LogP contribution in [0.15, 0.2) is 59.4 Å². The third-order valence-corrected chi connectivity index (χ3v) is 4.91. The molecule has 0 radical (unpaired) electrons. The van der Waals surface area contributed by atoms with Crippen LogP contribution in [0.5, 0.6) is 0 Å². The van der Waals surface area contributed by atoms with E-state index in [1.807, 2.05) is 47.4 Å². The van der Waals surface area contributed by atoms with Crippen LogP contribution in [0, 0.1) is 5.92 Å². The molecule has 0 bridgehead atoms. The van der Waals surface area contributed by atoms with Crippen molar-refractivity contribution in [1.82, 2.24) is 20.0 Å². The highest BCUT2D eigenvalue weighted by molar-refractivity contribution is 5.78. The van der Waals surface area contributed by atoms with Crippen molar-refractivity contribution in [3.05, 3.63) is 66.2 Å². The van der Waals surface area contributed by atoms with Crippen LogP contribution in [0.25, 0.3) is 11.5 Å². The number of nitrogens with zero attached hydrogens (tertiary/aromatic N) is 4. The van der Waals surface area contributed by atoms with Crippen LogP contribution in [-0.4, -0.2) is 39.0 Å². The molecule has 27 heavy (non-hydrogen) atoms. The van der Waals surface area contributed by atoms with Gasteiger partial charge in [-0.25, -0.2) is 0 Å². The Hall–Kier alpha value is -3.02. The summed E-state index contributed by atoms with van der Waals surface area (Å²) in [5.41, 5.74) is 1.88. The molecule has 6 heteroatoms. The van der Waals surface area contributed by atoms with Gasteiger partial charge in [-0.3, -0.25) is 9.78 Å². The molecule has 0 aliphatic carbocycles. The summed E-state index contributed by atoms with van der Waals surface area (Å²) in [5, 5.41) is 4.13. The van der Waals surface area contributed by atoms with E-state index in [1.165, 1.54) is 0 Å². The zero-order valence-corrected chi connectivity index (χ0v) is 15.1. The van der Waals surface area contributed by atoms with Crippen LogP contribution in [0.1, 0.15) is 24.2 Å². The summed E-state index contributed by atoms with van der Waals surface area (Å²) in [6.07, 6.45) is 6.69. The van der Waals surface area contributed by atoms with Crippen LogP contribution in [0.4, 0.5) is 0 Å². The molecule has 1 aliphatic heterocycles. The van der Waals surface area contributed by atoms with Gasteiger partial charge in [0.25, 0.3) is 5.89 Å². The molecule has 1 aromatic carbocycles. The molecule has 1 saturated heterocycles. The minimum atomic E-state index is 0.158. The average molecular weight is 362 g/mol. The van der Waals surface area contributed by atoms with Gasteiger partial charge in [-0.15, -0.1) is 0 Å². The minimum absolute atomic E-state index is 0.158. The first-order valence-electron chi connectivity index (χ1n) is 9.32. The third kappa shape index (κ3) is 4.39. The second kappa shape index (κ2) is 8.12.